The predicted octanol–water partition coefficient (Wildman–Crippen LogP) is 2.66. The molecule has 1 unspecified atom stereocenters. The first-order chi connectivity index (χ1) is 25.2. The molecule has 6 rings (SSSR count). The monoisotopic (exact) mass is 748 g/mol. The minimum atomic E-state index is -4.02. The molecule has 2 aliphatic rings. The van der Waals surface area contributed by atoms with Crippen LogP contribution in [0.4, 0.5) is 8.78 Å². The van der Waals surface area contributed by atoms with Gasteiger partial charge in [-0.2, -0.15) is 13.7 Å². The highest BCUT2D eigenvalue weighted by molar-refractivity contribution is 7.85. The smallest absolute Gasteiger partial charge is 0.294 e. The second-order valence-electron chi connectivity index (χ2n) is 12.6. The van der Waals surface area contributed by atoms with E-state index in [2.05, 4.69) is 30.8 Å². The molecule has 3 amide bonds. The van der Waals surface area contributed by atoms with Crippen LogP contribution in [0.3, 0.4) is 0 Å². The number of amides is 3. The zero-order valence-electron chi connectivity index (χ0n) is 28.8. The minimum absolute atomic E-state index is 0.0666. The predicted molar refractivity (Wildman–Crippen MR) is 191 cm³/mol. The summed E-state index contributed by atoms with van der Waals surface area (Å²) in [6, 6.07) is 16.7. The number of alkyl halides is 2. The maximum Gasteiger partial charge on any atom is 0.294 e. The summed E-state index contributed by atoms with van der Waals surface area (Å²) >= 11 is 0. The van der Waals surface area contributed by atoms with Crippen LogP contribution < -0.4 is 16.0 Å². The number of aryl methyl sites for hydroxylation is 1. The first-order valence-electron chi connectivity index (χ1n) is 16.7. The SMILES string of the molecule is Cc1ccc(S(=O)(=O)O)cc1.N#CC1CC(F)(F)CN1C(=O)CNC(=O)c1ccnc2ccc(-c3ccc(C(=O)NCCN4CCNCC4)nc3)cc12. The summed E-state index contributed by atoms with van der Waals surface area (Å²) in [5.41, 5.74) is 3.48. The van der Waals surface area contributed by atoms with E-state index in [1.165, 1.54) is 24.4 Å². The quantitative estimate of drug-likeness (QED) is 0.184. The number of hydrogen-bond acceptors (Lipinski definition) is 10. The lowest BCUT2D eigenvalue weighted by atomic mass is 10.0. The van der Waals surface area contributed by atoms with Crippen molar-refractivity contribution in [2.45, 2.75) is 30.2 Å². The molecule has 14 nitrogen and oxygen atoms in total. The van der Waals surface area contributed by atoms with Gasteiger partial charge in [0.2, 0.25) is 5.91 Å². The van der Waals surface area contributed by atoms with Crippen LogP contribution in [0.2, 0.25) is 0 Å². The van der Waals surface area contributed by atoms with Crippen LogP contribution in [0.5, 0.6) is 0 Å². The Labute approximate surface area is 305 Å². The Balaban J connectivity index is 0.000000422. The number of nitrogens with zero attached hydrogens (tertiary/aromatic N) is 5. The summed E-state index contributed by atoms with van der Waals surface area (Å²) in [6.45, 7) is 5.55. The van der Waals surface area contributed by atoms with E-state index >= 15 is 0 Å². The van der Waals surface area contributed by atoms with Gasteiger partial charge in [0.15, 0.2) is 0 Å². The van der Waals surface area contributed by atoms with Crippen molar-refractivity contribution in [2.24, 2.45) is 0 Å². The fraction of sp³-hybridized carbons (Fsp3) is 0.333. The van der Waals surface area contributed by atoms with Gasteiger partial charge in [-0.05, 0) is 48.9 Å². The molecular weight excluding hydrogens is 711 g/mol. The van der Waals surface area contributed by atoms with Crippen LogP contribution in [-0.2, 0) is 14.9 Å². The van der Waals surface area contributed by atoms with Crippen molar-refractivity contribution in [3.8, 4) is 17.2 Å². The fourth-order valence-electron chi connectivity index (χ4n) is 5.83. The molecule has 0 spiro atoms. The van der Waals surface area contributed by atoms with E-state index in [1.807, 2.05) is 13.0 Å². The largest absolute Gasteiger partial charge is 0.349 e. The summed E-state index contributed by atoms with van der Waals surface area (Å²) in [6.07, 6.45) is 2.32. The summed E-state index contributed by atoms with van der Waals surface area (Å²) < 4.78 is 57.0. The van der Waals surface area contributed by atoms with E-state index < -0.39 is 53.4 Å². The van der Waals surface area contributed by atoms with E-state index in [4.69, 9.17) is 9.81 Å². The molecule has 2 saturated heterocycles. The lowest BCUT2D eigenvalue weighted by Crippen LogP contribution is -2.46. The maximum atomic E-state index is 13.7. The van der Waals surface area contributed by atoms with Gasteiger partial charge in [-0.25, -0.2) is 8.78 Å². The third-order valence-corrected chi connectivity index (χ3v) is 9.56. The molecule has 2 aliphatic heterocycles. The summed E-state index contributed by atoms with van der Waals surface area (Å²) in [4.78, 5) is 49.7. The Kier molecular flexibility index (Phi) is 12.4. The van der Waals surface area contributed by atoms with Crippen molar-refractivity contribution in [3.05, 3.63) is 89.9 Å². The van der Waals surface area contributed by atoms with Crippen LogP contribution in [0.1, 0.15) is 32.8 Å². The Hall–Kier alpha value is -5.41. The van der Waals surface area contributed by atoms with Gasteiger partial charge >= 0.3 is 0 Å². The first kappa shape index (κ1) is 38.8. The van der Waals surface area contributed by atoms with Crippen molar-refractivity contribution in [2.75, 3.05) is 52.4 Å². The molecule has 2 fully saturated rings. The second-order valence-corrected chi connectivity index (χ2v) is 14.0. The molecule has 17 heteroatoms. The molecule has 0 aliphatic carbocycles. The zero-order chi connectivity index (χ0) is 38.2. The second kappa shape index (κ2) is 16.9. The third-order valence-electron chi connectivity index (χ3n) is 8.70. The van der Waals surface area contributed by atoms with Gasteiger partial charge in [0.1, 0.15) is 11.7 Å². The number of pyridine rings is 2. The van der Waals surface area contributed by atoms with Gasteiger partial charge in [0.05, 0.1) is 35.1 Å². The zero-order valence-corrected chi connectivity index (χ0v) is 29.6. The summed E-state index contributed by atoms with van der Waals surface area (Å²) in [5, 5.41) is 18.3. The molecule has 278 valence electrons. The molecule has 2 aromatic carbocycles. The molecule has 0 radical (unpaired) electrons. The normalized spacial score (nSPS) is 17.0. The van der Waals surface area contributed by atoms with E-state index in [1.54, 1.807) is 48.7 Å². The van der Waals surface area contributed by atoms with Gasteiger partial charge < -0.3 is 20.9 Å². The topological polar surface area (TPSA) is 198 Å². The van der Waals surface area contributed by atoms with Gasteiger partial charge in [0, 0.05) is 69.0 Å². The fourth-order valence-corrected chi connectivity index (χ4v) is 6.31. The Bertz CT molecular complexity index is 2110. The standard InChI is InChI=1S/C29H30F2N8O3.C7H8O3S/c30-29(31)14-21(15-32)39(18-29)26(40)17-37-27(41)22-5-6-34-24-3-1-19(13-23(22)24)20-2-4-25(36-16-20)28(42)35-9-12-38-10-7-33-8-11-38;1-6-2-4-7(5-3-6)11(8,9)10/h1-6,13,16,21,33H,7-12,14,17-18H2,(H,35,42)(H,37,41);2-5H,1H3,(H,8,9,10). The highest BCUT2D eigenvalue weighted by Gasteiger charge is 2.47. The van der Waals surface area contributed by atoms with Crippen LogP contribution in [0.25, 0.3) is 22.0 Å². The average molecular weight is 749 g/mol. The van der Waals surface area contributed by atoms with Gasteiger partial charge in [-0.3, -0.25) is 33.8 Å². The van der Waals surface area contributed by atoms with E-state index in [0.29, 0.717) is 23.1 Å². The average Bonchev–Trinajstić information content (AvgIpc) is 3.48. The van der Waals surface area contributed by atoms with Gasteiger partial charge in [-0.1, -0.05) is 29.8 Å². The molecular formula is C36H38F2N8O6S. The van der Waals surface area contributed by atoms with Gasteiger partial charge in [-0.15, -0.1) is 0 Å². The Morgan fingerprint density at radius 1 is 1.00 bits per heavy atom. The van der Waals surface area contributed by atoms with E-state index in [9.17, 15) is 31.6 Å². The molecule has 53 heavy (non-hydrogen) atoms. The van der Waals surface area contributed by atoms with Crippen LogP contribution >= 0.6 is 0 Å². The number of piperazine rings is 1. The number of carbonyl (C=O) groups is 3. The number of nitrogens with one attached hydrogen (secondary N) is 3. The number of likely N-dealkylation sites (tertiary alicyclic amines) is 1. The summed E-state index contributed by atoms with van der Waals surface area (Å²) in [7, 11) is -4.02. The van der Waals surface area contributed by atoms with Crippen LogP contribution in [0, 0.1) is 18.3 Å². The van der Waals surface area contributed by atoms with Crippen LogP contribution in [0.15, 0.2) is 78.0 Å². The van der Waals surface area contributed by atoms with Crippen molar-refractivity contribution in [1.82, 2.24) is 35.7 Å². The lowest BCUT2D eigenvalue weighted by molar-refractivity contribution is -0.131. The number of nitriles is 1. The number of rotatable bonds is 9. The van der Waals surface area contributed by atoms with Crippen molar-refractivity contribution in [3.63, 3.8) is 0 Å². The highest BCUT2D eigenvalue weighted by Crippen LogP contribution is 2.31. The van der Waals surface area contributed by atoms with E-state index in [-0.39, 0.29) is 16.4 Å². The van der Waals surface area contributed by atoms with Gasteiger partial charge in [0.25, 0.3) is 27.9 Å². The Morgan fingerprint density at radius 2 is 1.72 bits per heavy atom. The first-order valence-corrected chi connectivity index (χ1v) is 18.1. The minimum Gasteiger partial charge on any atom is -0.349 e. The third kappa shape index (κ3) is 10.4. The molecule has 2 aromatic heterocycles. The number of hydrogen-bond donors (Lipinski definition) is 4. The molecule has 0 bridgehead atoms. The number of aromatic nitrogens is 2. The summed E-state index contributed by atoms with van der Waals surface area (Å²) in [5.74, 6) is -4.74. The van der Waals surface area contributed by atoms with Crippen LogP contribution in [-0.4, -0.2) is 115 Å². The number of benzene rings is 2. The van der Waals surface area contributed by atoms with Crippen molar-refractivity contribution in [1.29, 1.82) is 5.26 Å². The molecule has 4 aromatic rings. The number of fused-ring (bicyclic) bond motifs is 1. The van der Waals surface area contributed by atoms with Crippen molar-refractivity contribution < 1.29 is 36.1 Å². The molecule has 4 heterocycles. The van der Waals surface area contributed by atoms with E-state index in [0.717, 1.165) is 54.3 Å². The number of halogens is 2. The highest BCUT2D eigenvalue weighted by atomic mass is 32.2. The Morgan fingerprint density at radius 3 is 2.38 bits per heavy atom. The van der Waals surface area contributed by atoms with Crippen molar-refractivity contribution >= 4 is 38.7 Å². The number of carbonyl (C=O) groups excluding carboxylic acids is 3. The maximum absolute atomic E-state index is 13.7. The molecule has 4 N–H and O–H groups in total. The molecule has 0 saturated carbocycles. The lowest BCUT2D eigenvalue weighted by Gasteiger charge is -2.27. The molecule has 1 atom stereocenters.